The summed E-state index contributed by atoms with van der Waals surface area (Å²) < 4.78 is 0. The molecule has 1 amide bonds. The summed E-state index contributed by atoms with van der Waals surface area (Å²) in [5.74, 6) is 2.14. The fraction of sp³-hybridized carbons (Fsp3) is 0.208. The lowest BCUT2D eigenvalue weighted by Gasteiger charge is -2.35. The third kappa shape index (κ3) is 4.07. The van der Waals surface area contributed by atoms with Crippen molar-refractivity contribution in [3.8, 4) is 0 Å². The van der Waals surface area contributed by atoms with Crippen LogP contribution in [0.15, 0.2) is 66.9 Å². The van der Waals surface area contributed by atoms with E-state index in [4.69, 9.17) is 0 Å². The van der Waals surface area contributed by atoms with Gasteiger partial charge in [-0.15, -0.1) is 10.2 Å². The normalized spacial score (nSPS) is 13.9. The predicted molar refractivity (Wildman–Crippen MR) is 124 cm³/mol. The van der Waals surface area contributed by atoms with Crippen LogP contribution in [-0.2, 0) is 0 Å². The zero-order chi connectivity index (χ0) is 21.9. The Balaban J connectivity index is 1.23. The molecule has 5 rings (SSSR count). The van der Waals surface area contributed by atoms with E-state index in [1.807, 2.05) is 72.5 Å². The van der Waals surface area contributed by atoms with Gasteiger partial charge in [0.05, 0.1) is 0 Å². The van der Waals surface area contributed by atoms with E-state index < -0.39 is 0 Å². The number of nitrogens with one attached hydrogen (secondary N) is 1. The summed E-state index contributed by atoms with van der Waals surface area (Å²) in [6, 6.07) is 19.4. The van der Waals surface area contributed by atoms with Gasteiger partial charge in [-0.05, 0) is 42.6 Å². The standard InChI is InChI=1S/C24H23N7O/c1-17-5-4-8-20(26-17)27-21-9-10-22(29-28-21)30-13-15-31(16-14-30)24(32)23-19-7-3-2-6-18(19)11-12-25-23/h2-12H,13-16H2,1H3,(H,26,27,28). The van der Waals surface area contributed by atoms with Gasteiger partial charge in [-0.2, -0.15) is 0 Å². The number of piperazine rings is 1. The van der Waals surface area contributed by atoms with E-state index in [9.17, 15) is 4.79 Å². The highest BCUT2D eigenvalue weighted by Crippen LogP contribution is 2.20. The van der Waals surface area contributed by atoms with Crippen molar-refractivity contribution in [3.63, 3.8) is 0 Å². The molecule has 0 aliphatic carbocycles. The molecule has 1 aliphatic rings. The topological polar surface area (TPSA) is 87.1 Å². The number of aromatic nitrogens is 4. The second-order valence-electron chi connectivity index (χ2n) is 7.73. The maximum atomic E-state index is 13.1. The number of carbonyl (C=O) groups excluding carboxylic acids is 1. The average molecular weight is 425 g/mol. The number of pyridine rings is 2. The lowest BCUT2D eigenvalue weighted by Crippen LogP contribution is -2.49. The van der Waals surface area contributed by atoms with Gasteiger partial charge in [0.2, 0.25) is 0 Å². The molecule has 0 spiro atoms. The molecule has 4 aromatic rings. The molecule has 1 N–H and O–H groups in total. The number of carbonyl (C=O) groups is 1. The second-order valence-corrected chi connectivity index (χ2v) is 7.73. The van der Waals surface area contributed by atoms with Crippen molar-refractivity contribution in [3.05, 3.63) is 78.2 Å². The highest BCUT2D eigenvalue weighted by atomic mass is 16.2. The van der Waals surface area contributed by atoms with E-state index in [-0.39, 0.29) is 5.91 Å². The molecule has 0 atom stereocenters. The second kappa shape index (κ2) is 8.58. The van der Waals surface area contributed by atoms with Gasteiger partial charge in [0.15, 0.2) is 11.6 Å². The molecule has 0 unspecified atom stereocenters. The van der Waals surface area contributed by atoms with E-state index in [0.29, 0.717) is 37.7 Å². The zero-order valence-electron chi connectivity index (χ0n) is 17.8. The first-order valence-corrected chi connectivity index (χ1v) is 10.6. The minimum absolute atomic E-state index is 0.0299. The number of hydrogen-bond acceptors (Lipinski definition) is 7. The third-order valence-corrected chi connectivity index (χ3v) is 5.56. The lowest BCUT2D eigenvalue weighted by molar-refractivity contribution is 0.0743. The molecule has 8 heteroatoms. The van der Waals surface area contributed by atoms with Crippen LogP contribution in [0.5, 0.6) is 0 Å². The number of anilines is 3. The van der Waals surface area contributed by atoms with Crippen LogP contribution in [-0.4, -0.2) is 57.2 Å². The van der Waals surface area contributed by atoms with Crippen LogP contribution in [0.25, 0.3) is 10.8 Å². The van der Waals surface area contributed by atoms with Crippen molar-refractivity contribution < 1.29 is 4.79 Å². The van der Waals surface area contributed by atoms with E-state index in [1.54, 1.807) is 6.20 Å². The van der Waals surface area contributed by atoms with Crippen molar-refractivity contribution in [2.45, 2.75) is 6.92 Å². The van der Waals surface area contributed by atoms with Crippen LogP contribution < -0.4 is 10.2 Å². The Hall–Kier alpha value is -4.07. The van der Waals surface area contributed by atoms with Crippen molar-refractivity contribution in [2.24, 2.45) is 0 Å². The monoisotopic (exact) mass is 425 g/mol. The van der Waals surface area contributed by atoms with E-state index >= 15 is 0 Å². The van der Waals surface area contributed by atoms with Crippen molar-refractivity contribution >= 4 is 34.1 Å². The largest absolute Gasteiger partial charge is 0.352 e. The Kier molecular flexibility index (Phi) is 5.33. The van der Waals surface area contributed by atoms with Gasteiger partial charge < -0.3 is 15.1 Å². The van der Waals surface area contributed by atoms with Gasteiger partial charge in [-0.1, -0.05) is 30.3 Å². The quantitative estimate of drug-likeness (QED) is 0.536. The maximum absolute atomic E-state index is 13.1. The van der Waals surface area contributed by atoms with Crippen LogP contribution in [0.4, 0.5) is 17.5 Å². The molecule has 1 aliphatic heterocycles. The summed E-state index contributed by atoms with van der Waals surface area (Å²) >= 11 is 0. The number of rotatable bonds is 4. The summed E-state index contributed by atoms with van der Waals surface area (Å²) in [7, 11) is 0. The van der Waals surface area contributed by atoms with Gasteiger partial charge >= 0.3 is 0 Å². The highest BCUT2D eigenvalue weighted by Gasteiger charge is 2.25. The van der Waals surface area contributed by atoms with E-state index in [2.05, 4.69) is 30.4 Å². The molecule has 1 saturated heterocycles. The van der Waals surface area contributed by atoms with Crippen LogP contribution in [0.1, 0.15) is 16.2 Å². The molecule has 3 aromatic heterocycles. The van der Waals surface area contributed by atoms with E-state index in [1.165, 1.54) is 0 Å². The minimum atomic E-state index is -0.0299. The number of benzene rings is 1. The Labute approximate surface area is 185 Å². The highest BCUT2D eigenvalue weighted by molar-refractivity contribution is 6.05. The Morgan fingerprint density at radius 3 is 2.50 bits per heavy atom. The maximum Gasteiger partial charge on any atom is 0.273 e. The summed E-state index contributed by atoms with van der Waals surface area (Å²) in [6.07, 6.45) is 1.70. The molecule has 0 radical (unpaired) electrons. The summed E-state index contributed by atoms with van der Waals surface area (Å²) in [5, 5.41) is 13.7. The van der Waals surface area contributed by atoms with Gasteiger partial charge in [0, 0.05) is 43.5 Å². The molecule has 0 bridgehead atoms. The van der Waals surface area contributed by atoms with Crippen LogP contribution in [0.3, 0.4) is 0 Å². The number of aryl methyl sites for hydroxylation is 1. The molecule has 4 heterocycles. The first kappa shape index (κ1) is 19.9. The van der Waals surface area contributed by atoms with Crippen molar-refractivity contribution in [2.75, 3.05) is 36.4 Å². The Morgan fingerprint density at radius 1 is 0.875 bits per heavy atom. The molecule has 32 heavy (non-hydrogen) atoms. The molecule has 0 saturated carbocycles. The summed E-state index contributed by atoms with van der Waals surface area (Å²) in [5.41, 5.74) is 1.45. The SMILES string of the molecule is Cc1cccc(Nc2ccc(N3CCN(C(=O)c4nccc5ccccc45)CC3)nn2)n1. The number of hydrogen-bond donors (Lipinski definition) is 1. The zero-order valence-corrected chi connectivity index (χ0v) is 17.8. The smallest absolute Gasteiger partial charge is 0.273 e. The average Bonchev–Trinajstić information content (AvgIpc) is 2.84. The Bertz CT molecular complexity index is 1250. The molecule has 1 aromatic carbocycles. The third-order valence-electron chi connectivity index (χ3n) is 5.56. The summed E-state index contributed by atoms with van der Waals surface area (Å²) in [6.45, 7) is 4.55. The fourth-order valence-electron chi connectivity index (χ4n) is 3.88. The van der Waals surface area contributed by atoms with Gasteiger partial charge in [-0.3, -0.25) is 9.78 Å². The Morgan fingerprint density at radius 2 is 1.72 bits per heavy atom. The number of fused-ring (bicyclic) bond motifs is 1. The molecular formula is C24H23N7O. The van der Waals surface area contributed by atoms with Crippen molar-refractivity contribution in [1.82, 2.24) is 25.1 Å². The van der Waals surface area contributed by atoms with Crippen molar-refractivity contribution in [1.29, 1.82) is 0 Å². The van der Waals surface area contributed by atoms with Crippen LogP contribution in [0, 0.1) is 6.92 Å². The predicted octanol–water partition coefficient (Wildman–Crippen LogP) is 3.43. The minimum Gasteiger partial charge on any atom is -0.352 e. The lowest BCUT2D eigenvalue weighted by atomic mass is 10.1. The first-order chi connectivity index (χ1) is 15.7. The molecule has 8 nitrogen and oxygen atoms in total. The van der Waals surface area contributed by atoms with Gasteiger partial charge in [0.1, 0.15) is 11.5 Å². The number of nitrogens with zero attached hydrogens (tertiary/aromatic N) is 6. The van der Waals surface area contributed by atoms with Gasteiger partial charge in [-0.25, -0.2) is 4.98 Å². The van der Waals surface area contributed by atoms with Crippen LogP contribution in [0.2, 0.25) is 0 Å². The molecular weight excluding hydrogens is 402 g/mol. The molecule has 160 valence electrons. The summed E-state index contributed by atoms with van der Waals surface area (Å²) in [4.78, 5) is 25.9. The van der Waals surface area contributed by atoms with E-state index in [0.717, 1.165) is 28.1 Å². The number of amides is 1. The molecule has 1 fully saturated rings. The fourth-order valence-corrected chi connectivity index (χ4v) is 3.88. The van der Waals surface area contributed by atoms with Crippen LogP contribution >= 0.6 is 0 Å². The van der Waals surface area contributed by atoms with Gasteiger partial charge in [0.25, 0.3) is 5.91 Å². The first-order valence-electron chi connectivity index (χ1n) is 10.6.